The number of hydrogen-bond donors (Lipinski definition) is 0. The van der Waals surface area contributed by atoms with Gasteiger partial charge in [-0.2, -0.15) is 0 Å². The van der Waals surface area contributed by atoms with Crippen LogP contribution in [-0.4, -0.2) is 46.9 Å². The van der Waals surface area contributed by atoms with Crippen LogP contribution < -0.4 is 4.90 Å². The van der Waals surface area contributed by atoms with Crippen molar-refractivity contribution in [1.29, 1.82) is 0 Å². The van der Waals surface area contributed by atoms with Gasteiger partial charge in [-0.15, -0.1) is 0 Å². The van der Waals surface area contributed by atoms with Gasteiger partial charge in [0.2, 0.25) is 5.91 Å². The fraction of sp³-hybridized carbons (Fsp3) is 0.273. The molecule has 1 fully saturated rings. The first-order valence-corrected chi connectivity index (χ1v) is 10.4. The van der Waals surface area contributed by atoms with Gasteiger partial charge >= 0.3 is 0 Å². The van der Waals surface area contributed by atoms with Crippen LogP contribution in [0.3, 0.4) is 0 Å². The second-order valence-corrected chi connectivity index (χ2v) is 7.70. The van der Waals surface area contributed by atoms with Crippen LogP contribution in [0.5, 0.6) is 0 Å². The molecule has 2 aromatic carbocycles. The number of aromatic nitrogens is 1. The first-order chi connectivity index (χ1) is 15.0. The van der Waals surface area contributed by atoms with Gasteiger partial charge in [0.15, 0.2) is 11.7 Å². The van der Waals surface area contributed by atoms with Crippen molar-refractivity contribution in [2.45, 2.75) is 12.8 Å². The van der Waals surface area contributed by atoms with E-state index < -0.39 is 4.92 Å². The minimum atomic E-state index is -0.410. The van der Waals surface area contributed by atoms with Crippen molar-refractivity contribution in [3.63, 3.8) is 0 Å². The first kappa shape index (κ1) is 20.9. The van der Waals surface area contributed by atoms with Gasteiger partial charge in [-0.1, -0.05) is 11.6 Å². The Labute approximate surface area is 184 Å². The lowest BCUT2D eigenvalue weighted by Crippen LogP contribution is -2.48. The van der Waals surface area contributed by atoms with Gasteiger partial charge in [0.1, 0.15) is 0 Å². The fourth-order valence-electron chi connectivity index (χ4n) is 3.54. The van der Waals surface area contributed by atoms with E-state index >= 15 is 0 Å². The quantitative estimate of drug-likeness (QED) is 0.421. The number of carbonyl (C=O) groups is 1. The molecule has 4 rings (SSSR count). The van der Waals surface area contributed by atoms with Crippen LogP contribution in [0.2, 0.25) is 5.02 Å². The molecule has 1 aromatic heterocycles. The number of hydrogen-bond acceptors (Lipinski definition) is 6. The van der Waals surface area contributed by atoms with Gasteiger partial charge in [-0.3, -0.25) is 14.9 Å². The van der Waals surface area contributed by atoms with E-state index in [1.807, 2.05) is 17.0 Å². The van der Waals surface area contributed by atoms with Gasteiger partial charge in [0, 0.05) is 67.4 Å². The lowest BCUT2D eigenvalue weighted by Gasteiger charge is -2.36. The molecule has 0 atom stereocenters. The molecule has 0 aliphatic carbocycles. The lowest BCUT2D eigenvalue weighted by atomic mass is 10.2. The summed E-state index contributed by atoms with van der Waals surface area (Å²) in [6.07, 6.45) is 2.43. The predicted octanol–water partition coefficient (Wildman–Crippen LogP) is 4.18. The normalized spacial score (nSPS) is 14.0. The molecule has 0 saturated carbocycles. The van der Waals surface area contributed by atoms with Crippen LogP contribution in [0.1, 0.15) is 12.3 Å². The zero-order valence-corrected chi connectivity index (χ0v) is 17.5. The maximum Gasteiger partial charge on any atom is 0.269 e. The van der Waals surface area contributed by atoms with Crippen LogP contribution >= 0.6 is 11.6 Å². The van der Waals surface area contributed by atoms with E-state index in [0.29, 0.717) is 55.7 Å². The van der Waals surface area contributed by atoms with E-state index in [2.05, 4.69) is 9.88 Å². The van der Waals surface area contributed by atoms with Crippen LogP contribution in [0.25, 0.3) is 11.3 Å². The molecule has 1 aliphatic heterocycles. The minimum absolute atomic E-state index is 0.0644. The van der Waals surface area contributed by atoms with Crippen molar-refractivity contribution < 1.29 is 14.1 Å². The topological polar surface area (TPSA) is 92.7 Å². The monoisotopic (exact) mass is 440 g/mol. The summed E-state index contributed by atoms with van der Waals surface area (Å²) in [4.78, 5) is 31.2. The Bertz CT molecular complexity index is 1060. The van der Waals surface area contributed by atoms with Crippen LogP contribution in [0, 0.1) is 10.1 Å². The van der Waals surface area contributed by atoms with E-state index in [9.17, 15) is 14.9 Å². The van der Waals surface area contributed by atoms with Crippen molar-refractivity contribution in [3.05, 3.63) is 75.8 Å². The Balaban J connectivity index is 1.27. The van der Waals surface area contributed by atoms with E-state index in [4.69, 9.17) is 16.0 Å². The fourth-order valence-corrected chi connectivity index (χ4v) is 3.67. The molecule has 0 bridgehead atoms. The number of amides is 1. The molecule has 160 valence electrons. The molecule has 1 saturated heterocycles. The zero-order chi connectivity index (χ0) is 21.8. The highest BCUT2D eigenvalue weighted by molar-refractivity contribution is 6.30. The Kier molecular flexibility index (Phi) is 6.18. The maximum absolute atomic E-state index is 12.6. The van der Waals surface area contributed by atoms with Gasteiger partial charge in [-0.25, -0.2) is 4.98 Å². The Morgan fingerprint density at radius 3 is 2.39 bits per heavy atom. The molecule has 1 amide bonds. The summed E-state index contributed by atoms with van der Waals surface area (Å²) in [6, 6.07) is 13.8. The molecule has 3 aromatic rings. The van der Waals surface area contributed by atoms with Crippen molar-refractivity contribution in [2.75, 3.05) is 31.1 Å². The van der Waals surface area contributed by atoms with Gasteiger partial charge in [-0.05, 0) is 36.4 Å². The summed E-state index contributed by atoms with van der Waals surface area (Å²) >= 11 is 5.91. The number of carbonyl (C=O) groups excluding carboxylic acids is 1. The van der Waals surface area contributed by atoms with E-state index in [1.54, 1.807) is 30.5 Å². The largest absolute Gasteiger partial charge is 0.441 e. The number of nitrogens with zero attached hydrogens (tertiary/aromatic N) is 4. The van der Waals surface area contributed by atoms with Gasteiger partial charge in [0.25, 0.3) is 5.69 Å². The summed E-state index contributed by atoms with van der Waals surface area (Å²) in [5, 5.41) is 11.4. The number of rotatable bonds is 6. The van der Waals surface area contributed by atoms with Crippen LogP contribution in [0.4, 0.5) is 11.4 Å². The highest BCUT2D eigenvalue weighted by Gasteiger charge is 2.22. The highest BCUT2D eigenvalue weighted by atomic mass is 35.5. The molecule has 0 radical (unpaired) electrons. The van der Waals surface area contributed by atoms with Crippen molar-refractivity contribution >= 4 is 28.9 Å². The number of halogens is 1. The lowest BCUT2D eigenvalue weighted by molar-refractivity contribution is -0.384. The SMILES string of the molecule is O=C(CCc1ncc(-c2ccc(Cl)cc2)o1)N1CCN(c2ccc([N+](=O)[O-])cc2)CC1. The van der Waals surface area contributed by atoms with Crippen LogP contribution in [0.15, 0.2) is 59.1 Å². The second-order valence-electron chi connectivity index (χ2n) is 7.27. The number of anilines is 1. The molecular formula is C22H21ClN4O4. The molecule has 0 N–H and O–H groups in total. The van der Waals surface area contributed by atoms with Crippen molar-refractivity contribution in [3.8, 4) is 11.3 Å². The third-order valence-electron chi connectivity index (χ3n) is 5.29. The molecule has 8 nitrogen and oxygen atoms in total. The molecule has 2 heterocycles. The molecule has 0 unspecified atom stereocenters. The summed E-state index contributed by atoms with van der Waals surface area (Å²) in [5.41, 5.74) is 1.88. The minimum Gasteiger partial charge on any atom is -0.441 e. The number of piperazine rings is 1. The highest BCUT2D eigenvalue weighted by Crippen LogP contribution is 2.23. The third-order valence-corrected chi connectivity index (χ3v) is 5.55. The Hall–Kier alpha value is -3.39. The molecule has 9 heteroatoms. The standard InChI is InChI=1S/C22H21ClN4O4/c23-17-3-1-16(2-4-17)20-15-24-21(31-20)9-10-22(28)26-13-11-25(12-14-26)18-5-7-19(8-6-18)27(29)30/h1-8,15H,9-14H2. The summed E-state index contributed by atoms with van der Waals surface area (Å²) in [6.45, 7) is 2.58. The summed E-state index contributed by atoms with van der Waals surface area (Å²) < 4.78 is 5.77. The first-order valence-electron chi connectivity index (χ1n) is 9.97. The molecule has 0 spiro atoms. The smallest absolute Gasteiger partial charge is 0.269 e. The maximum atomic E-state index is 12.6. The van der Waals surface area contributed by atoms with Crippen molar-refractivity contribution in [2.24, 2.45) is 0 Å². The summed E-state index contributed by atoms with van der Waals surface area (Å²) in [7, 11) is 0. The molecular weight excluding hydrogens is 420 g/mol. The van der Waals surface area contributed by atoms with E-state index in [1.165, 1.54) is 12.1 Å². The number of aryl methyl sites for hydroxylation is 1. The average Bonchev–Trinajstić information content (AvgIpc) is 3.27. The van der Waals surface area contributed by atoms with Gasteiger partial charge < -0.3 is 14.2 Å². The average molecular weight is 441 g/mol. The number of nitro benzene ring substituents is 1. The molecule has 1 aliphatic rings. The van der Waals surface area contributed by atoms with E-state index in [0.717, 1.165) is 11.3 Å². The number of oxazole rings is 1. The third kappa shape index (κ3) is 5.03. The summed E-state index contributed by atoms with van der Waals surface area (Å²) in [5.74, 6) is 1.24. The predicted molar refractivity (Wildman–Crippen MR) is 117 cm³/mol. The Morgan fingerprint density at radius 1 is 1.06 bits per heavy atom. The van der Waals surface area contributed by atoms with Crippen LogP contribution in [-0.2, 0) is 11.2 Å². The van der Waals surface area contributed by atoms with Crippen molar-refractivity contribution in [1.82, 2.24) is 9.88 Å². The number of non-ortho nitro benzene ring substituents is 1. The second kappa shape index (κ2) is 9.18. The van der Waals surface area contributed by atoms with Gasteiger partial charge in [0.05, 0.1) is 11.1 Å². The number of benzene rings is 2. The zero-order valence-electron chi connectivity index (χ0n) is 16.7. The number of nitro groups is 1. The van der Waals surface area contributed by atoms with E-state index in [-0.39, 0.29) is 11.6 Å². The molecule has 31 heavy (non-hydrogen) atoms. The Morgan fingerprint density at radius 2 is 1.74 bits per heavy atom.